The van der Waals surface area contributed by atoms with E-state index < -0.39 is 0 Å². The Hall–Kier alpha value is -11.4. The molecule has 0 spiro atoms. The van der Waals surface area contributed by atoms with E-state index in [0.29, 0.717) is 102 Å². The summed E-state index contributed by atoms with van der Waals surface area (Å²) in [6.07, 6.45) is 0. The second kappa shape index (κ2) is 41.1. The number of ether oxygens (including phenoxy) is 4. The molecule has 5 heterocycles. The summed E-state index contributed by atoms with van der Waals surface area (Å²) < 4.78 is 21.0. The second-order valence-corrected chi connectivity index (χ2v) is 27.5. The first-order chi connectivity index (χ1) is 52.9. The highest BCUT2D eigenvalue weighted by Gasteiger charge is 2.22. The number of nitrogens with one attached hydrogen (secondary N) is 2. The van der Waals surface area contributed by atoms with E-state index in [9.17, 15) is 0 Å². The molecule has 12 rings (SSSR count). The average molecular weight is 1620 g/mol. The van der Waals surface area contributed by atoms with Gasteiger partial charge in [-0.2, -0.15) is 0 Å². The van der Waals surface area contributed by atoms with Crippen molar-refractivity contribution in [2.75, 3.05) is 142 Å². The maximum absolute atomic E-state index is 6.60. The van der Waals surface area contributed by atoms with Gasteiger partial charge in [0, 0.05) is 114 Å². The van der Waals surface area contributed by atoms with Gasteiger partial charge in [-0.1, -0.05) is 109 Å². The number of anilines is 16. The highest BCUT2D eigenvalue weighted by molar-refractivity contribution is 6.36. The predicted octanol–water partition coefficient (Wildman–Crippen LogP) is 18.8. The molecule has 0 aliphatic rings. The lowest BCUT2D eigenvalue weighted by molar-refractivity contribution is 0.414. The van der Waals surface area contributed by atoms with Crippen molar-refractivity contribution in [3.8, 4) is 23.0 Å². The van der Waals surface area contributed by atoms with Crippen LogP contribution in [0.3, 0.4) is 0 Å². The third kappa shape index (κ3) is 23.1. The van der Waals surface area contributed by atoms with Gasteiger partial charge >= 0.3 is 0 Å². The molecule has 0 aliphatic carbocycles. The number of methoxy groups -OCH3 is 4. The van der Waals surface area contributed by atoms with E-state index in [1.807, 2.05) is 223 Å². The fourth-order valence-electron chi connectivity index (χ4n) is 11.0. The zero-order valence-corrected chi connectivity index (χ0v) is 70.4. The molecule has 0 amide bonds. The van der Waals surface area contributed by atoms with Crippen LogP contribution in [0.1, 0.15) is 54.1 Å². The topological polar surface area (TPSA) is 287 Å². The van der Waals surface area contributed by atoms with Gasteiger partial charge in [-0.25, -0.2) is 49.8 Å². The fourth-order valence-corrected chi connectivity index (χ4v) is 12.0. The van der Waals surface area contributed by atoms with Gasteiger partial charge in [0.25, 0.3) is 0 Å². The summed E-state index contributed by atoms with van der Waals surface area (Å²) in [5.41, 5.74) is 25.5. The summed E-state index contributed by atoms with van der Waals surface area (Å²) in [6.45, 7) is 16.8. The highest BCUT2D eigenvalue weighted by Crippen LogP contribution is 2.39. The molecule has 8 N–H and O–H groups in total. The van der Waals surface area contributed by atoms with Crippen LogP contribution in [0.5, 0.6) is 23.0 Å². The quantitative estimate of drug-likeness (QED) is 0.0447. The molecular weight excluding hydrogens is 1520 g/mol. The van der Waals surface area contributed by atoms with Gasteiger partial charge in [-0.05, 0) is 168 Å². The smallest absolute Gasteiger partial charge is 0.157 e. The fraction of sp³-hybridized carbons (Fsp3) is 0.268. The van der Waals surface area contributed by atoms with Crippen LogP contribution in [0.4, 0.5) is 92.3 Å². The molecular formula is C82H98Cl5N21O4. The summed E-state index contributed by atoms with van der Waals surface area (Å²) in [4.78, 5) is 55.1. The molecule has 30 heteroatoms. The molecule has 12 aromatic rings. The Morgan fingerprint density at radius 2 is 0.750 bits per heavy atom. The third-order valence-corrected chi connectivity index (χ3v) is 18.6. The molecule has 0 unspecified atom stereocenters. The first kappa shape index (κ1) is 87.9. The second-order valence-electron chi connectivity index (χ2n) is 26.0. The van der Waals surface area contributed by atoms with Crippen molar-refractivity contribution in [3.63, 3.8) is 0 Å². The Kier molecular flexibility index (Phi) is 32.2. The van der Waals surface area contributed by atoms with Crippen LogP contribution < -0.4 is 76.2 Å². The Morgan fingerprint density at radius 1 is 0.366 bits per heavy atom. The third-order valence-electron chi connectivity index (χ3n) is 17.2. The van der Waals surface area contributed by atoms with Gasteiger partial charge in [0.1, 0.15) is 95.5 Å². The SMILES string of the molecule is COc1ccc(N(C)c2nc(C)nc(N)c2C)cc1.COc1ccc(N(C)c2nc(C)nc(NCc3ccccc3)c2Cl)cc1.COc1cccc(N(C)c2nc(C)nc(N)c2Cl)c1.COc1cccc2cc(N(C)c3nc(C)nc(N)c3Cl)ccc12.Cc1nc(NCC(C)C)c(Cl)c(N(C)c2ccc(N(C)C)cc2)n1.Cl. The van der Waals surface area contributed by atoms with Gasteiger partial charge in [0.2, 0.25) is 0 Å². The Bertz CT molecular complexity index is 5080. The summed E-state index contributed by atoms with van der Waals surface area (Å²) in [6, 6.07) is 53.5. The lowest BCUT2D eigenvalue weighted by Gasteiger charge is -2.22. The number of hydrogen-bond donors (Lipinski definition) is 5. The van der Waals surface area contributed by atoms with E-state index in [1.54, 1.807) is 42.3 Å². The van der Waals surface area contributed by atoms with E-state index in [-0.39, 0.29) is 24.0 Å². The van der Waals surface area contributed by atoms with Gasteiger partial charge < -0.3 is 76.2 Å². The molecule has 5 aromatic heterocycles. The highest BCUT2D eigenvalue weighted by atomic mass is 35.5. The van der Waals surface area contributed by atoms with Crippen LogP contribution in [0.25, 0.3) is 10.8 Å². The predicted molar refractivity (Wildman–Crippen MR) is 467 cm³/mol. The minimum Gasteiger partial charge on any atom is -0.497 e. The van der Waals surface area contributed by atoms with Crippen molar-refractivity contribution >= 4 is 162 Å². The van der Waals surface area contributed by atoms with E-state index in [4.69, 9.17) is 82.6 Å². The van der Waals surface area contributed by atoms with Crippen LogP contribution >= 0.6 is 58.8 Å². The van der Waals surface area contributed by atoms with Crippen molar-refractivity contribution in [3.05, 3.63) is 224 Å². The average Bonchev–Trinajstić information content (AvgIpc) is 0.811. The normalized spacial score (nSPS) is 10.5. The molecule has 0 saturated carbocycles. The summed E-state index contributed by atoms with van der Waals surface area (Å²) in [5.74, 6) is 12.6. The van der Waals surface area contributed by atoms with Crippen molar-refractivity contribution in [1.29, 1.82) is 0 Å². The zero-order valence-electron chi connectivity index (χ0n) is 66.5. The summed E-state index contributed by atoms with van der Waals surface area (Å²) >= 11 is 25.6. The standard InChI is InChI=1S/C20H21ClN4O.C18H26ClN5.C17H17ClN4O.C14H18N4O.C13H15ClN4O.ClH/c1-14-23-19(22-13-15-7-5-4-6-8-15)18(21)20(24-14)25(2)16-9-11-17(26-3)12-10-16;1-12(2)11-20-17-16(19)18(22-13(3)21-17)24(6)15-9-7-14(8-10-15)23(4)5;1-10-20-16(19)15(18)17(21-10)22(2)12-7-8-13-11(9-12)5-4-6-14(13)23-3;1-9-13(15)16-10(2)17-14(9)18(3)11-5-7-12(19-4)8-6-11;1-8-16-12(15)11(14)13(17-8)18(2)9-5-4-6-10(7-9)19-3;/h4-12H,13H2,1-3H3,(H,22,23,24);7-10,12H,11H2,1-6H3,(H,20,21,22);4-9H,1-3H3,(H2,19,20,21);5-8H,1-4H3,(H2,15,16,17);4-7H,1-3H3,(H2,15,16,17);1H. The monoisotopic (exact) mass is 1620 g/mol. The van der Waals surface area contributed by atoms with Gasteiger partial charge in [0.05, 0.1) is 28.4 Å². The first-order valence-corrected chi connectivity index (χ1v) is 36.7. The van der Waals surface area contributed by atoms with Crippen LogP contribution in [-0.2, 0) is 6.54 Å². The lowest BCUT2D eigenvalue weighted by atomic mass is 10.1. The van der Waals surface area contributed by atoms with Crippen LogP contribution in [0.15, 0.2) is 164 Å². The number of nitrogens with zero attached hydrogens (tertiary/aromatic N) is 16. The number of halogens is 5. The number of benzene rings is 7. The minimum absolute atomic E-state index is 0. The van der Waals surface area contributed by atoms with Crippen molar-refractivity contribution in [2.24, 2.45) is 5.92 Å². The number of nitrogen functional groups attached to an aromatic ring is 3. The van der Waals surface area contributed by atoms with Gasteiger partial charge in [-0.3, -0.25) is 0 Å². The number of hydrogen-bond acceptors (Lipinski definition) is 25. The molecule has 0 bridgehead atoms. The number of fused-ring (bicyclic) bond motifs is 1. The van der Waals surface area contributed by atoms with Crippen LogP contribution in [0, 0.1) is 47.5 Å². The van der Waals surface area contributed by atoms with Crippen molar-refractivity contribution in [1.82, 2.24) is 49.8 Å². The van der Waals surface area contributed by atoms with E-state index in [2.05, 4.69) is 122 Å². The van der Waals surface area contributed by atoms with Gasteiger partial charge in [-0.15, -0.1) is 12.4 Å². The number of nitrogens with two attached hydrogens (primary N) is 3. The first-order valence-electron chi connectivity index (χ1n) is 35.2. The Balaban J connectivity index is 0.000000195. The van der Waals surface area contributed by atoms with Crippen molar-refractivity contribution < 1.29 is 18.9 Å². The zero-order chi connectivity index (χ0) is 80.9. The number of aryl methyl sites for hydroxylation is 5. The molecule has 590 valence electrons. The molecule has 0 aliphatic heterocycles. The van der Waals surface area contributed by atoms with Gasteiger partial charge in [0.15, 0.2) is 34.9 Å². The summed E-state index contributed by atoms with van der Waals surface area (Å²) in [7, 11) is 20.2. The van der Waals surface area contributed by atoms with E-state index >= 15 is 0 Å². The summed E-state index contributed by atoms with van der Waals surface area (Å²) in [5, 5.41) is 10.5. The lowest BCUT2D eigenvalue weighted by Crippen LogP contribution is -2.16. The molecule has 0 saturated heterocycles. The molecule has 0 atom stereocenters. The maximum Gasteiger partial charge on any atom is 0.157 e. The maximum atomic E-state index is 6.60. The molecule has 112 heavy (non-hydrogen) atoms. The molecule has 25 nitrogen and oxygen atoms in total. The van der Waals surface area contributed by atoms with Crippen LogP contribution in [-0.4, -0.2) is 134 Å². The number of rotatable bonds is 21. The largest absolute Gasteiger partial charge is 0.497 e. The van der Waals surface area contributed by atoms with E-state index in [1.165, 1.54) is 0 Å². The minimum atomic E-state index is 0. The Morgan fingerprint density at radius 3 is 1.21 bits per heavy atom. The van der Waals surface area contributed by atoms with Crippen LogP contribution in [0.2, 0.25) is 20.1 Å². The molecule has 0 radical (unpaired) electrons. The molecule has 7 aromatic carbocycles. The van der Waals surface area contributed by atoms with E-state index in [0.717, 1.165) is 91.4 Å². The Labute approximate surface area is 682 Å². The van der Waals surface area contributed by atoms with Crippen molar-refractivity contribution in [2.45, 2.75) is 61.9 Å². The molecule has 0 fully saturated rings. The number of aromatic nitrogens is 10.